The van der Waals surface area contributed by atoms with Crippen molar-refractivity contribution in [3.8, 4) is 0 Å². The van der Waals surface area contributed by atoms with Gasteiger partial charge in [0.15, 0.2) is 6.10 Å². The van der Waals surface area contributed by atoms with Crippen molar-refractivity contribution < 1.29 is 22.7 Å². The van der Waals surface area contributed by atoms with E-state index in [1.165, 1.54) is 15.6 Å². The molecule has 0 saturated carbocycles. The maximum absolute atomic E-state index is 12.8. The molecular formula is C18H18N2O5S2. The van der Waals surface area contributed by atoms with Crippen LogP contribution < -0.4 is 0 Å². The lowest BCUT2D eigenvalue weighted by Crippen LogP contribution is -2.54. The van der Waals surface area contributed by atoms with E-state index in [4.69, 9.17) is 4.74 Å². The minimum absolute atomic E-state index is 0.225. The van der Waals surface area contributed by atoms with Gasteiger partial charge in [0.05, 0.1) is 5.56 Å². The smallest absolute Gasteiger partial charge is 0.339 e. The van der Waals surface area contributed by atoms with Crippen molar-refractivity contribution in [1.82, 2.24) is 9.21 Å². The number of thiophene rings is 1. The van der Waals surface area contributed by atoms with Crippen LogP contribution in [0, 0.1) is 0 Å². The first-order valence-electron chi connectivity index (χ1n) is 8.58. The van der Waals surface area contributed by atoms with Gasteiger partial charge in [-0.3, -0.25) is 4.79 Å². The van der Waals surface area contributed by atoms with Gasteiger partial charge >= 0.3 is 5.97 Å². The van der Waals surface area contributed by atoms with Crippen LogP contribution in [0.1, 0.15) is 15.9 Å². The van der Waals surface area contributed by atoms with E-state index >= 15 is 0 Å². The van der Waals surface area contributed by atoms with Gasteiger partial charge in [0.1, 0.15) is 4.21 Å². The summed E-state index contributed by atoms with van der Waals surface area (Å²) in [6, 6.07) is 10.4. The zero-order valence-electron chi connectivity index (χ0n) is 14.4. The largest absolute Gasteiger partial charge is 0.448 e. The van der Waals surface area contributed by atoms with Crippen LogP contribution in [0.5, 0.6) is 0 Å². The highest BCUT2D eigenvalue weighted by molar-refractivity contribution is 7.91. The minimum Gasteiger partial charge on any atom is -0.448 e. The molecule has 7 nitrogen and oxygen atoms in total. The number of cyclic esters (lactones) is 1. The average Bonchev–Trinajstić information content (AvgIpc) is 3.23. The standard InChI is InChI=1S/C18H18N2O5S2/c21-17(15-12-13-4-1-2-5-14(13)18(22)25-15)19-7-9-20(10-8-19)27(23,24)16-6-3-11-26-16/h1-6,11,15H,7-10,12H2/t15-/m1/s1. The van der Waals surface area contributed by atoms with E-state index in [9.17, 15) is 18.0 Å². The Labute approximate surface area is 161 Å². The summed E-state index contributed by atoms with van der Waals surface area (Å²) in [4.78, 5) is 26.5. The third-order valence-corrected chi connectivity index (χ3v) is 8.08. The molecule has 2 aromatic rings. The number of hydrogen-bond acceptors (Lipinski definition) is 6. The summed E-state index contributed by atoms with van der Waals surface area (Å²) in [6.07, 6.45) is -0.512. The first-order valence-corrected chi connectivity index (χ1v) is 10.9. The molecule has 2 aliphatic heterocycles. The van der Waals surface area contributed by atoms with Gasteiger partial charge < -0.3 is 9.64 Å². The van der Waals surface area contributed by atoms with Gasteiger partial charge in [-0.2, -0.15) is 4.31 Å². The molecule has 142 valence electrons. The van der Waals surface area contributed by atoms with Crippen molar-refractivity contribution >= 4 is 33.2 Å². The Kier molecular flexibility index (Phi) is 4.75. The molecule has 0 bridgehead atoms. The summed E-state index contributed by atoms with van der Waals surface area (Å²) in [7, 11) is -3.51. The van der Waals surface area contributed by atoms with Gasteiger partial charge in [-0.25, -0.2) is 13.2 Å². The predicted molar refractivity (Wildman–Crippen MR) is 99.0 cm³/mol. The van der Waals surface area contributed by atoms with Crippen LogP contribution in [0.25, 0.3) is 0 Å². The van der Waals surface area contributed by atoms with Gasteiger partial charge in [0, 0.05) is 32.6 Å². The van der Waals surface area contributed by atoms with E-state index in [1.807, 2.05) is 12.1 Å². The molecule has 2 aliphatic rings. The number of nitrogens with zero attached hydrogens (tertiary/aromatic N) is 2. The summed E-state index contributed by atoms with van der Waals surface area (Å²) in [5.74, 6) is -0.764. The highest BCUT2D eigenvalue weighted by atomic mass is 32.2. The van der Waals surface area contributed by atoms with Crippen molar-refractivity contribution in [2.45, 2.75) is 16.7 Å². The number of carbonyl (C=O) groups is 2. The maximum Gasteiger partial charge on any atom is 0.339 e. The van der Waals surface area contributed by atoms with E-state index in [-0.39, 0.29) is 32.1 Å². The van der Waals surface area contributed by atoms with Crippen molar-refractivity contribution in [1.29, 1.82) is 0 Å². The van der Waals surface area contributed by atoms with Crippen LogP contribution in [0.15, 0.2) is 46.0 Å². The monoisotopic (exact) mass is 406 g/mol. The predicted octanol–water partition coefficient (Wildman–Crippen LogP) is 1.36. The van der Waals surface area contributed by atoms with Crippen molar-refractivity contribution in [3.05, 3.63) is 52.9 Å². The first kappa shape index (κ1) is 18.1. The van der Waals surface area contributed by atoms with Gasteiger partial charge in [-0.1, -0.05) is 24.3 Å². The minimum atomic E-state index is -3.51. The normalized spacial score (nSPS) is 20.8. The molecule has 4 rings (SSSR count). The number of fused-ring (bicyclic) bond motifs is 1. The van der Waals surface area contributed by atoms with Crippen LogP contribution in [0.2, 0.25) is 0 Å². The van der Waals surface area contributed by atoms with Gasteiger partial charge in [-0.05, 0) is 23.1 Å². The fraction of sp³-hybridized carbons (Fsp3) is 0.333. The quantitative estimate of drug-likeness (QED) is 0.719. The molecule has 1 amide bonds. The van der Waals surface area contributed by atoms with Crippen LogP contribution in [0.4, 0.5) is 0 Å². The van der Waals surface area contributed by atoms with E-state index in [1.54, 1.807) is 34.5 Å². The number of piperazine rings is 1. The molecule has 1 saturated heterocycles. The Hall–Kier alpha value is -2.23. The second kappa shape index (κ2) is 7.06. The van der Waals surface area contributed by atoms with E-state index < -0.39 is 22.1 Å². The molecule has 9 heteroatoms. The number of sulfonamides is 1. The number of rotatable bonds is 3. The molecule has 0 spiro atoms. The Morgan fingerprint density at radius 2 is 1.81 bits per heavy atom. The molecule has 1 aromatic carbocycles. The van der Waals surface area contributed by atoms with Gasteiger partial charge in [0.25, 0.3) is 15.9 Å². The number of carbonyl (C=O) groups excluding carboxylic acids is 2. The Morgan fingerprint density at radius 3 is 2.52 bits per heavy atom. The van der Waals surface area contributed by atoms with Crippen molar-refractivity contribution in [2.75, 3.05) is 26.2 Å². The fourth-order valence-corrected chi connectivity index (χ4v) is 5.93. The molecule has 0 unspecified atom stereocenters. The van der Waals surface area contributed by atoms with E-state index in [0.717, 1.165) is 5.56 Å². The number of ether oxygens (including phenoxy) is 1. The Bertz CT molecular complexity index is 963. The molecule has 0 radical (unpaired) electrons. The lowest BCUT2D eigenvalue weighted by molar-refractivity contribution is -0.142. The second-order valence-corrected chi connectivity index (χ2v) is 9.53. The van der Waals surface area contributed by atoms with Crippen molar-refractivity contribution in [2.24, 2.45) is 0 Å². The lowest BCUT2D eigenvalue weighted by Gasteiger charge is -2.36. The summed E-state index contributed by atoms with van der Waals surface area (Å²) in [5.41, 5.74) is 1.29. The van der Waals surface area contributed by atoms with E-state index in [2.05, 4.69) is 0 Å². The summed E-state index contributed by atoms with van der Waals surface area (Å²) in [6.45, 7) is 1.00. The lowest BCUT2D eigenvalue weighted by atomic mass is 9.98. The molecule has 0 N–H and O–H groups in total. The third-order valence-electron chi connectivity index (χ3n) is 4.81. The molecule has 27 heavy (non-hydrogen) atoms. The van der Waals surface area contributed by atoms with Crippen LogP contribution in [-0.2, 0) is 26.0 Å². The average molecular weight is 406 g/mol. The van der Waals surface area contributed by atoms with Crippen molar-refractivity contribution in [3.63, 3.8) is 0 Å². The maximum atomic E-state index is 12.8. The number of hydrogen-bond donors (Lipinski definition) is 0. The molecule has 1 atom stereocenters. The molecule has 1 aromatic heterocycles. The molecule has 0 aliphatic carbocycles. The number of esters is 1. The van der Waals surface area contributed by atoms with Crippen LogP contribution in [0.3, 0.4) is 0 Å². The highest BCUT2D eigenvalue weighted by Crippen LogP contribution is 2.24. The zero-order valence-corrected chi connectivity index (χ0v) is 16.0. The topological polar surface area (TPSA) is 84.0 Å². The summed E-state index contributed by atoms with van der Waals surface area (Å²) >= 11 is 1.18. The van der Waals surface area contributed by atoms with Crippen LogP contribution >= 0.6 is 11.3 Å². The molecule has 3 heterocycles. The molecule has 1 fully saturated rings. The number of benzene rings is 1. The number of amides is 1. The summed E-state index contributed by atoms with van der Waals surface area (Å²) < 4.78 is 32.2. The Balaban J connectivity index is 1.42. The second-order valence-electron chi connectivity index (χ2n) is 6.42. The zero-order chi connectivity index (χ0) is 19.0. The fourth-order valence-electron chi connectivity index (χ4n) is 3.36. The van der Waals surface area contributed by atoms with Gasteiger partial charge in [-0.15, -0.1) is 11.3 Å². The van der Waals surface area contributed by atoms with Crippen LogP contribution in [-0.4, -0.2) is 61.8 Å². The molecular weight excluding hydrogens is 388 g/mol. The third kappa shape index (κ3) is 3.38. The van der Waals surface area contributed by atoms with Gasteiger partial charge in [0.2, 0.25) is 0 Å². The highest BCUT2D eigenvalue weighted by Gasteiger charge is 2.36. The SMILES string of the molecule is O=C1O[C@@H](C(=O)N2CCN(S(=O)(=O)c3cccs3)CC2)Cc2ccccc21. The summed E-state index contributed by atoms with van der Waals surface area (Å²) in [5, 5.41) is 1.72. The first-order chi connectivity index (χ1) is 13.0. The Morgan fingerprint density at radius 1 is 1.07 bits per heavy atom. The van der Waals surface area contributed by atoms with E-state index in [0.29, 0.717) is 16.2 Å².